The van der Waals surface area contributed by atoms with E-state index in [9.17, 15) is 0 Å². The van der Waals surface area contributed by atoms with Gasteiger partial charge >= 0.3 is 0 Å². The zero-order chi connectivity index (χ0) is 11.8. The summed E-state index contributed by atoms with van der Waals surface area (Å²) in [6.45, 7) is 3.72. The van der Waals surface area contributed by atoms with Crippen LogP contribution in [0.15, 0.2) is 61.0 Å². The molecule has 16 heavy (non-hydrogen) atoms. The normalized spacial score (nSPS) is 10.4. The molecular formula is C13H12N2O. The number of nitrogens with two attached hydrogens (primary N) is 1. The summed E-state index contributed by atoms with van der Waals surface area (Å²) in [6, 6.07) is 8.84. The van der Waals surface area contributed by atoms with Crippen molar-refractivity contribution in [3.63, 3.8) is 0 Å². The molecule has 0 aliphatic carbocycles. The Labute approximate surface area is 94.8 Å². The minimum Gasteiger partial charge on any atom is -0.458 e. The monoisotopic (exact) mass is 212 g/mol. The van der Waals surface area contributed by atoms with Crippen LogP contribution in [0.2, 0.25) is 0 Å². The average Bonchev–Trinajstić information content (AvgIpc) is 2.30. The fraction of sp³-hybridized carbons (Fsp3) is 0. The van der Waals surface area contributed by atoms with E-state index in [1.165, 1.54) is 6.20 Å². The molecule has 0 amide bonds. The third kappa shape index (κ3) is 3.72. The van der Waals surface area contributed by atoms with Gasteiger partial charge < -0.3 is 10.5 Å². The van der Waals surface area contributed by atoms with E-state index in [-0.39, 0.29) is 0 Å². The predicted octanol–water partition coefficient (Wildman–Crippen LogP) is 2.48. The fourth-order valence-corrected chi connectivity index (χ4v) is 1.01. The van der Waals surface area contributed by atoms with E-state index >= 15 is 0 Å². The molecule has 80 valence electrons. The topological polar surface area (TPSA) is 59.0 Å². The van der Waals surface area contributed by atoms with E-state index in [0.29, 0.717) is 17.1 Å². The molecule has 0 radical (unpaired) electrons. The highest BCUT2D eigenvalue weighted by atomic mass is 16.5. The summed E-state index contributed by atoms with van der Waals surface area (Å²) in [5.74, 6) is 1.15. The molecule has 0 unspecified atom stereocenters. The fourth-order valence-electron chi connectivity index (χ4n) is 1.01. The first kappa shape index (κ1) is 11.6. The quantitative estimate of drug-likeness (QED) is 0.616. The maximum absolute atomic E-state index is 8.61. The SMILES string of the molecule is C=C(/C=C\C=C/N)Oc1ccc(C#N)cc1. The second-order valence-corrected chi connectivity index (χ2v) is 2.95. The summed E-state index contributed by atoms with van der Waals surface area (Å²) >= 11 is 0. The van der Waals surface area contributed by atoms with Crippen molar-refractivity contribution in [2.45, 2.75) is 0 Å². The third-order valence-corrected chi connectivity index (χ3v) is 1.74. The van der Waals surface area contributed by atoms with Crippen LogP contribution in [0, 0.1) is 11.3 Å². The number of hydrogen-bond donors (Lipinski definition) is 1. The maximum Gasteiger partial charge on any atom is 0.127 e. The lowest BCUT2D eigenvalue weighted by atomic mass is 10.2. The molecule has 0 spiro atoms. The molecule has 0 atom stereocenters. The molecule has 0 bridgehead atoms. The lowest BCUT2D eigenvalue weighted by Crippen LogP contribution is -1.89. The first-order valence-electron chi connectivity index (χ1n) is 4.68. The zero-order valence-corrected chi connectivity index (χ0v) is 8.76. The van der Waals surface area contributed by atoms with Crippen LogP contribution < -0.4 is 10.5 Å². The molecule has 2 N–H and O–H groups in total. The molecule has 1 aromatic rings. The van der Waals surface area contributed by atoms with Crippen molar-refractivity contribution in [2.75, 3.05) is 0 Å². The predicted molar refractivity (Wildman–Crippen MR) is 63.4 cm³/mol. The van der Waals surface area contributed by atoms with Crippen LogP contribution >= 0.6 is 0 Å². The minimum atomic E-state index is 0.503. The lowest BCUT2D eigenvalue weighted by Gasteiger charge is -2.04. The van der Waals surface area contributed by atoms with Crippen LogP contribution in [0.1, 0.15) is 5.56 Å². The van der Waals surface area contributed by atoms with Gasteiger partial charge in [-0.15, -0.1) is 0 Å². The average molecular weight is 212 g/mol. The van der Waals surface area contributed by atoms with E-state index in [2.05, 4.69) is 6.58 Å². The molecule has 0 aliphatic rings. The second-order valence-electron chi connectivity index (χ2n) is 2.95. The third-order valence-electron chi connectivity index (χ3n) is 1.74. The summed E-state index contributed by atoms with van der Waals surface area (Å²) < 4.78 is 5.40. The van der Waals surface area contributed by atoms with Gasteiger partial charge in [0.15, 0.2) is 0 Å². The molecule has 1 aromatic carbocycles. The summed E-state index contributed by atoms with van der Waals surface area (Å²) in [5.41, 5.74) is 5.76. The van der Waals surface area contributed by atoms with Crippen molar-refractivity contribution in [1.29, 1.82) is 5.26 Å². The van der Waals surface area contributed by atoms with Crippen LogP contribution in [-0.4, -0.2) is 0 Å². The number of allylic oxidation sites excluding steroid dienone is 3. The first-order chi connectivity index (χ1) is 7.76. The van der Waals surface area contributed by atoms with Gasteiger partial charge in [0.1, 0.15) is 11.5 Å². The van der Waals surface area contributed by atoms with Crippen LogP contribution in [-0.2, 0) is 0 Å². The molecule has 0 heterocycles. The molecule has 1 rings (SSSR count). The van der Waals surface area contributed by atoms with Gasteiger partial charge in [0.2, 0.25) is 0 Å². The number of rotatable bonds is 4. The molecule has 0 aliphatic heterocycles. The van der Waals surface area contributed by atoms with Gasteiger partial charge in [-0.25, -0.2) is 0 Å². The second kappa shape index (κ2) is 6.10. The molecule has 3 heteroatoms. The summed E-state index contributed by atoms with van der Waals surface area (Å²) in [5, 5.41) is 8.61. The van der Waals surface area contributed by atoms with Gasteiger partial charge in [0.05, 0.1) is 11.6 Å². The highest BCUT2D eigenvalue weighted by molar-refractivity contribution is 5.35. The van der Waals surface area contributed by atoms with Gasteiger partial charge in [-0.05, 0) is 42.6 Å². The van der Waals surface area contributed by atoms with E-state index in [0.717, 1.165) is 0 Å². The van der Waals surface area contributed by atoms with Crippen molar-refractivity contribution in [3.05, 3.63) is 66.6 Å². The largest absolute Gasteiger partial charge is 0.458 e. The Hall–Kier alpha value is -2.47. The Kier molecular flexibility index (Phi) is 4.42. The Morgan fingerprint density at radius 1 is 1.31 bits per heavy atom. The Balaban J connectivity index is 2.60. The molecule has 0 aromatic heterocycles. The molecule has 0 saturated heterocycles. The van der Waals surface area contributed by atoms with Crippen molar-refractivity contribution in [2.24, 2.45) is 5.73 Å². The summed E-state index contributed by atoms with van der Waals surface area (Å²) in [4.78, 5) is 0. The number of nitrogens with zero attached hydrogens (tertiary/aromatic N) is 1. The van der Waals surface area contributed by atoms with Gasteiger partial charge in [-0.3, -0.25) is 0 Å². The van der Waals surface area contributed by atoms with Crippen molar-refractivity contribution >= 4 is 0 Å². The van der Waals surface area contributed by atoms with Gasteiger partial charge in [0, 0.05) is 0 Å². The Morgan fingerprint density at radius 3 is 2.56 bits per heavy atom. The van der Waals surface area contributed by atoms with Crippen molar-refractivity contribution in [1.82, 2.24) is 0 Å². The minimum absolute atomic E-state index is 0.503. The van der Waals surface area contributed by atoms with E-state index < -0.39 is 0 Å². The van der Waals surface area contributed by atoms with Gasteiger partial charge in [-0.2, -0.15) is 5.26 Å². The van der Waals surface area contributed by atoms with Crippen molar-refractivity contribution < 1.29 is 4.74 Å². The molecule has 3 nitrogen and oxygen atoms in total. The maximum atomic E-state index is 8.61. The van der Waals surface area contributed by atoms with Gasteiger partial charge in [-0.1, -0.05) is 12.7 Å². The number of hydrogen-bond acceptors (Lipinski definition) is 3. The Morgan fingerprint density at radius 2 is 2.00 bits per heavy atom. The molecule has 0 saturated carbocycles. The van der Waals surface area contributed by atoms with Crippen molar-refractivity contribution in [3.8, 4) is 11.8 Å². The number of benzene rings is 1. The summed E-state index contributed by atoms with van der Waals surface area (Å²) in [7, 11) is 0. The van der Waals surface area contributed by atoms with E-state index in [4.69, 9.17) is 15.7 Å². The number of nitriles is 1. The summed E-state index contributed by atoms with van der Waals surface area (Å²) in [6.07, 6.45) is 6.52. The smallest absolute Gasteiger partial charge is 0.127 e. The highest BCUT2D eigenvalue weighted by Gasteiger charge is 1.95. The van der Waals surface area contributed by atoms with E-state index in [1.54, 1.807) is 42.5 Å². The van der Waals surface area contributed by atoms with Crippen LogP contribution in [0.3, 0.4) is 0 Å². The van der Waals surface area contributed by atoms with E-state index in [1.807, 2.05) is 6.07 Å². The standard InChI is InChI=1S/C13H12N2O/c1-11(4-2-3-9-14)16-13-7-5-12(10-15)6-8-13/h2-9H,1,14H2/b4-2-,9-3-. The zero-order valence-electron chi connectivity index (χ0n) is 8.76. The first-order valence-corrected chi connectivity index (χ1v) is 4.68. The molecular weight excluding hydrogens is 200 g/mol. The number of ether oxygens (including phenoxy) is 1. The highest BCUT2D eigenvalue weighted by Crippen LogP contribution is 2.14. The van der Waals surface area contributed by atoms with Crippen LogP contribution in [0.4, 0.5) is 0 Å². The Bertz CT molecular complexity index is 450. The van der Waals surface area contributed by atoms with Gasteiger partial charge in [0.25, 0.3) is 0 Å². The lowest BCUT2D eigenvalue weighted by molar-refractivity contribution is 0.447. The van der Waals surface area contributed by atoms with Crippen LogP contribution in [0.5, 0.6) is 5.75 Å². The molecule has 0 fully saturated rings. The van der Waals surface area contributed by atoms with Crippen LogP contribution in [0.25, 0.3) is 0 Å².